The molecule has 1 aromatic rings. The van der Waals surface area contributed by atoms with Crippen molar-refractivity contribution in [3.63, 3.8) is 0 Å². The molecule has 1 saturated heterocycles. The van der Waals surface area contributed by atoms with Gasteiger partial charge in [-0.25, -0.2) is 8.42 Å². The van der Waals surface area contributed by atoms with Gasteiger partial charge in [-0.15, -0.1) is 12.4 Å². The van der Waals surface area contributed by atoms with Crippen molar-refractivity contribution in [3.05, 3.63) is 18.2 Å². The van der Waals surface area contributed by atoms with Crippen LogP contribution in [0.25, 0.3) is 0 Å². The third kappa shape index (κ3) is 4.77. The van der Waals surface area contributed by atoms with Crippen molar-refractivity contribution >= 4 is 28.2 Å². The van der Waals surface area contributed by atoms with E-state index in [0.29, 0.717) is 37.8 Å². The molecule has 1 aromatic carbocycles. The zero-order valence-electron chi connectivity index (χ0n) is 13.8. The summed E-state index contributed by atoms with van der Waals surface area (Å²) in [5.74, 6) is 0.581. The first-order valence-corrected chi connectivity index (χ1v) is 9.77. The summed E-state index contributed by atoms with van der Waals surface area (Å²) < 4.78 is 35.8. The van der Waals surface area contributed by atoms with Gasteiger partial charge in [-0.3, -0.25) is 4.79 Å². The normalized spacial score (nSPS) is 19.9. The predicted octanol–water partition coefficient (Wildman–Crippen LogP) is 0.993. The van der Waals surface area contributed by atoms with Crippen LogP contribution in [0.3, 0.4) is 0 Å². The largest absolute Gasteiger partial charge is 0.486 e. The highest BCUT2D eigenvalue weighted by atomic mass is 35.5. The molecule has 0 spiro atoms. The number of hydrogen-bond acceptors (Lipinski definition) is 6. The number of piperidine rings is 1. The summed E-state index contributed by atoms with van der Waals surface area (Å²) in [6.07, 6.45) is 1.73. The lowest BCUT2D eigenvalue weighted by Crippen LogP contribution is -2.46. The highest BCUT2D eigenvalue weighted by Gasteiger charge is 2.24. The Hall–Kier alpha value is -1.51. The number of rotatable bonds is 4. The summed E-state index contributed by atoms with van der Waals surface area (Å²) in [4.78, 5) is 14.0. The first-order chi connectivity index (χ1) is 11.5. The number of carbonyl (C=O) groups excluding carboxylic acids is 1. The van der Waals surface area contributed by atoms with Gasteiger partial charge < -0.3 is 20.1 Å². The number of hydrogen-bond donors (Lipinski definition) is 1. The van der Waals surface area contributed by atoms with Crippen molar-refractivity contribution in [2.24, 2.45) is 5.73 Å². The Balaban J connectivity index is 0.00000225. The molecule has 7 nitrogen and oxygen atoms in total. The number of likely N-dealkylation sites (tertiary alicyclic amines) is 1. The third-order valence-corrected chi connectivity index (χ3v) is 5.98. The van der Waals surface area contributed by atoms with Gasteiger partial charge in [0.2, 0.25) is 5.91 Å². The van der Waals surface area contributed by atoms with E-state index in [1.807, 2.05) is 0 Å². The number of amides is 1. The van der Waals surface area contributed by atoms with Crippen molar-refractivity contribution in [1.82, 2.24) is 4.90 Å². The zero-order valence-corrected chi connectivity index (χ0v) is 15.5. The molecule has 2 heterocycles. The van der Waals surface area contributed by atoms with Crippen molar-refractivity contribution < 1.29 is 22.7 Å². The summed E-state index contributed by atoms with van der Waals surface area (Å²) >= 11 is 0. The van der Waals surface area contributed by atoms with Crippen LogP contribution in [-0.4, -0.2) is 57.3 Å². The maximum Gasteiger partial charge on any atom is 0.223 e. The minimum atomic E-state index is -3.56. The second-order valence-electron chi connectivity index (χ2n) is 6.12. The van der Waals surface area contributed by atoms with Gasteiger partial charge in [-0.1, -0.05) is 0 Å². The SMILES string of the molecule is Cl.NC1CCCN(C(=O)CCS(=O)(=O)c2ccc3c(c2)OCCO3)C1. The number of ether oxygens (including phenoxy) is 2. The molecule has 2 aliphatic heterocycles. The monoisotopic (exact) mass is 390 g/mol. The number of nitrogens with zero attached hydrogens (tertiary/aromatic N) is 1. The van der Waals surface area contributed by atoms with Crippen molar-refractivity contribution in [2.45, 2.75) is 30.2 Å². The Morgan fingerprint density at radius 1 is 1.24 bits per heavy atom. The number of carbonyl (C=O) groups is 1. The fourth-order valence-corrected chi connectivity index (χ4v) is 4.19. The van der Waals surface area contributed by atoms with Crippen LogP contribution in [0.2, 0.25) is 0 Å². The van der Waals surface area contributed by atoms with E-state index in [0.717, 1.165) is 12.8 Å². The zero-order chi connectivity index (χ0) is 17.2. The van der Waals surface area contributed by atoms with Crippen LogP contribution in [-0.2, 0) is 14.6 Å². The summed E-state index contributed by atoms with van der Waals surface area (Å²) in [5, 5.41) is 0. The minimum Gasteiger partial charge on any atom is -0.486 e. The van der Waals surface area contributed by atoms with E-state index in [4.69, 9.17) is 15.2 Å². The molecule has 140 valence electrons. The van der Waals surface area contributed by atoms with Crippen molar-refractivity contribution in [1.29, 1.82) is 0 Å². The topological polar surface area (TPSA) is 98.9 Å². The Bertz CT molecular complexity index is 725. The Labute approximate surface area is 153 Å². The van der Waals surface area contributed by atoms with Gasteiger partial charge >= 0.3 is 0 Å². The van der Waals surface area contributed by atoms with Crippen LogP contribution in [0.4, 0.5) is 0 Å². The number of halogens is 1. The molecule has 0 aromatic heterocycles. The van der Waals surface area contributed by atoms with Gasteiger partial charge in [0.15, 0.2) is 21.3 Å². The molecule has 0 saturated carbocycles. The van der Waals surface area contributed by atoms with E-state index in [1.54, 1.807) is 11.0 Å². The quantitative estimate of drug-likeness (QED) is 0.823. The Morgan fingerprint density at radius 2 is 1.96 bits per heavy atom. The lowest BCUT2D eigenvalue weighted by atomic mass is 10.1. The van der Waals surface area contributed by atoms with Crippen molar-refractivity contribution in [2.75, 3.05) is 32.1 Å². The minimum absolute atomic E-state index is 0. The first kappa shape index (κ1) is 19.8. The number of sulfone groups is 1. The molecule has 1 unspecified atom stereocenters. The molecule has 0 aliphatic carbocycles. The maximum atomic E-state index is 12.5. The molecule has 1 atom stereocenters. The van der Waals surface area contributed by atoms with Gasteiger partial charge in [-0.05, 0) is 25.0 Å². The third-order valence-electron chi connectivity index (χ3n) is 4.27. The summed E-state index contributed by atoms with van der Waals surface area (Å²) in [6, 6.07) is 4.53. The van der Waals surface area contributed by atoms with Crippen LogP contribution >= 0.6 is 12.4 Å². The molecule has 2 N–H and O–H groups in total. The van der Waals surface area contributed by atoms with E-state index in [1.165, 1.54) is 12.1 Å². The molecule has 2 aliphatic rings. The molecule has 0 radical (unpaired) electrons. The van der Waals surface area contributed by atoms with Gasteiger partial charge in [0.05, 0.1) is 10.6 Å². The Kier molecular flexibility index (Phi) is 6.53. The standard InChI is InChI=1S/C16H22N2O5S.ClH/c17-12-2-1-6-18(11-12)16(19)5-9-24(20,21)13-3-4-14-15(10-13)23-8-7-22-14;/h3-4,10,12H,1-2,5-9,11,17H2;1H. The van der Waals surface area contributed by atoms with E-state index >= 15 is 0 Å². The van der Waals surface area contributed by atoms with E-state index < -0.39 is 9.84 Å². The highest BCUT2D eigenvalue weighted by Crippen LogP contribution is 2.32. The first-order valence-electron chi connectivity index (χ1n) is 8.11. The molecular weight excluding hydrogens is 368 g/mol. The van der Waals surface area contributed by atoms with Crippen LogP contribution < -0.4 is 15.2 Å². The lowest BCUT2D eigenvalue weighted by Gasteiger charge is -2.30. The molecule has 1 amide bonds. The second kappa shape index (κ2) is 8.25. The average Bonchev–Trinajstić information content (AvgIpc) is 2.59. The molecule has 1 fully saturated rings. The maximum absolute atomic E-state index is 12.5. The number of fused-ring (bicyclic) bond motifs is 1. The fourth-order valence-electron chi connectivity index (χ4n) is 2.95. The smallest absolute Gasteiger partial charge is 0.223 e. The van der Waals surface area contributed by atoms with Crippen LogP contribution in [0.1, 0.15) is 19.3 Å². The molecule has 3 rings (SSSR count). The number of nitrogens with two attached hydrogens (primary N) is 1. The van der Waals surface area contributed by atoms with Gasteiger partial charge in [0.1, 0.15) is 13.2 Å². The van der Waals surface area contributed by atoms with Gasteiger partial charge in [-0.2, -0.15) is 0 Å². The van der Waals surface area contributed by atoms with E-state index in [-0.39, 0.29) is 41.4 Å². The molecule has 25 heavy (non-hydrogen) atoms. The molecular formula is C16H23ClN2O5S. The average molecular weight is 391 g/mol. The Morgan fingerprint density at radius 3 is 2.68 bits per heavy atom. The second-order valence-corrected chi connectivity index (χ2v) is 8.23. The summed E-state index contributed by atoms with van der Waals surface area (Å²) in [6.45, 7) is 2.00. The van der Waals surface area contributed by atoms with Crippen molar-refractivity contribution in [3.8, 4) is 11.5 Å². The van der Waals surface area contributed by atoms with Crippen LogP contribution in [0.15, 0.2) is 23.1 Å². The summed E-state index contributed by atoms with van der Waals surface area (Å²) in [5.41, 5.74) is 5.86. The molecule has 0 bridgehead atoms. The van der Waals surface area contributed by atoms with Gasteiger partial charge in [0.25, 0.3) is 0 Å². The lowest BCUT2D eigenvalue weighted by molar-refractivity contribution is -0.131. The number of benzene rings is 1. The summed E-state index contributed by atoms with van der Waals surface area (Å²) in [7, 11) is -3.56. The van der Waals surface area contributed by atoms with Crippen LogP contribution in [0.5, 0.6) is 11.5 Å². The highest BCUT2D eigenvalue weighted by molar-refractivity contribution is 7.91. The van der Waals surface area contributed by atoms with E-state index in [2.05, 4.69) is 0 Å². The van der Waals surface area contributed by atoms with E-state index in [9.17, 15) is 13.2 Å². The fraction of sp³-hybridized carbons (Fsp3) is 0.562. The molecule has 9 heteroatoms. The van der Waals surface area contributed by atoms with Gasteiger partial charge in [0, 0.05) is 31.6 Å². The predicted molar refractivity (Wildman–Crippen MR) is 95.1 cm³/mol. The van der Waals surface area contributed by atoms with Crippen LogP contribution in [0, 0.1) is 0 Å².